The SMILES string of the molecule is N#CCCCOc1cccnc1NC(=O)C=Cc1cn(Cc2ccccc2)nc1-c1cccs1. The van der Waals surface area contributed by atoms with Crippen molar-refractivity contribution in [3.8, 4) is 22.4 Å². The molecule has 3 aromatic heterocycles. The molecule has 0 atom stereocenters. The van der Waals surface area contributed by atoms with E-state index in [9.17, 15) is 4.79 Å². The number of carbonyl (C=O) groups excluding carboxylic acids is 1. The number of thiophene rings is 1. The number of ether oxygens (including phenoxy) is 1. The highest BCUT2D eigenvalue weighted by molar-refractivity contribution is 7.13. The van der Waals surface area contributed by atoms with Gasteiger partial charge in [0.05, 0.1) is 24.1 Å². The van der Waals surface area contributed by atoms with Crippen molar-refractivity contribution in [3.05, 3.63) is 89.6 Å². The van der Waals surface area contributed by atoms with E-state index < -0.39 is 0 Å². The molecule has 7 nitrogen and oxygen atoms in total. The van der Waals surface area contributed by atoms with Gasteiger partial charge in [0.25, 0.3) is 0 Å². The molecule has 8 heteroatoms. The topological polar surface area (TPSA) is 92.8 Å². The van der Waals surface area contributed by atoms with Gasteiger partial charge in [0, 0.05) is 30.5 Å². The van der Waals surface area contributed by atoms with Gasteiger partial charge in [-0.1, -0.05) is 36.4 Å². The molecule has 0 bridgehead atoms. The lowest BCUT2D eigenvalue weighted by atomic mass is 10.2. The van der Waals surface area contributed by atoms with Crippen LogP contribution in [0.25, 0.3) is 16.6 Å². The number of benzene rings is 1. The van der Waals surface area contributed by atoms with Crippen LogP contribution in [0.1, 0.15) is 24.0 Å². The van der Waals surface area contributed by atoms with E-state index in [1.165, 1.54) is 6.08 Å². The Balaban J connectivity index is 1.49. The summed E-state index contributed by atoms with van der Waals surface area (Å²) in [6.07, 6.45) is 7.77. The fraction of sp³-hybridized carbons (Fsp3) is 0.154. The van der Waals surface area contributed by atoms with Crippen molar-refractivity contribution in [1.29, 1.82) is 5.26 Å². The van der Waals surface area contributed by atoms with Crippen LogP contribution in [0.3, 0.4) is 0 Å². The number of nitriles is 1. The average Bonchev–Trinajstić information content (AvgIpc) is 3.52. The van der Waals surface area contributed by atoms with Crippen molar-refractivity contribution < 1.29 is 9.53 Å². The zero-order chi connectivity index (χ0) is 23.6. The molecule has 1 N–H and O–H groups in total. The Labute approximate surface area is 202 Å². The number of unbranched alkanes of at least 4 members (excludes halogenated alkanes) is 1. The molecule has 0 spiro atoms. The van der Waals surface area contributed by atoms with Gasteiger partial charge in [-0.15, -0.1) is 11.3 Å². The summed E-state index contributed by atoms with van der Waals surface area (Å²) in [4.78, 5) is 17.9. The summed E-state index contributed by atoms with van der Waals surface area (Å²) in [6, 6.07) is 19.7. The van der Waals surface area contributed by atoms with Crippen molar-refractivity contribution in [3.63, 3.8) is 0 Å². The second kappa shape index (κ2) is 11.6. The highest BCUT2D eigenvalue weighted by Gasteiger charge is 2.12. The molecule has 170 valence electrons. The number of hydrogen-bond acceptors (Lipinski definition) is 6. The zero-order valence-electron chi connectivity index (χ0n) is 18.4. The minimum absolute atomic E-state index is 0.325. The second-order valence-corrected chi connectivity index (χ2v) is 8.32. The predicted molar refractivity (Wildman–Crippen MR) is 133 cm³/mol. The standard InChI is InChI=1S/C26H23N5O2S/c27-14-4-5-16-33-22-10-6-15-28-26(22)29-24(32)13-12-21-19-31(18-20-8-2-1-3-9-20)30-25(21)23-11-7-17-34-23/h1-3,6-13,15,17,19H,4-5,16,18H2,(H,28,29,32). The lowest BCUT2D eigenvalue weighted by Crippen LogP contribution is -2.11. The monoisotopic (exact) mass is 469 g/mol. The van der Waals surface area contributed by atoms with Gasteiger partial charge >= 0.3 is 0 Å². The number of hydrogen-bond donors (Lipinski definition) is 1. The third kappa shape index (κ3) is 6.18. The van der Waals surface area contributed by atoms with Crippen molar-refractivity contribution in [2.45, 2.75) is 19.4 Å². The normalized spacial score (nSPS) is 10.8. The highest BCUT2D eigenvalue weighted by atomic mass is 32.1. The number of nitrogens with one attached hydrogen (secondary N) is 1. The third-order valence-corrected chi connectivity index (χ3v) is 5.73. The summed E-state index contributed by atoms with van der Waals surface area (Å²) in [5, 5.41) is 18.2. The molecule has 0 saturated carbocycles. The van der Waals surface area contributed by atoms with Gasteiger partial charge in [0.15, 0.2) is 11.6 Å². The van der Waals surface area contributed by atoms with Crippen LogP contribution < -0.4 is 10.1 Å². The molecule has 4 rings (SSSR count). The van der Waals surface area contributed by atoms with Gasteiger partial charge < -0.3 is 10.1 Å². The van der Waals surface area contributed by atoms with Gasteiger partial charge in [0.2, 0.25) is 5.91 Å². The molecule has 4 aromatic rings. The van der Waals surface area contributed by atoms with Gasteiger partial charge in [-0.25, -0.2) is 4.98 Å². The summed E-state index contributed by atoms with van der Waals surface area (Å²) in [7, 11) is 0. The first-order chi connectivity index (χ1) is 16.7. The minimum Gasteiger partial charge on any atom is -0.490 e. The first-order valence-corrected chi connectivity index (χ1v) is 11.7. The van der Waals surface area contributed by atoms with E-state index in [0.29, 0.717) is 37.6 Å². The molecule has 0 aliphatic rings. The maximum Gasteiger partial charge on any atom is 0.249 e. The Kier molecular flexibility index (Phi) is 7.82. The summed E-state index contributed by atoms with van der Waals surface area (Å²) < 4.78 is 7.55. The van der Waals surface area contributed by atoms with Crippen molar-refractivity contribution in [1.82, 2.24) is 14.8 Å². The quantitative estimate of drug-likeness (QED) is 0.248. The van der Waals surface area contributed by atoms with E-state index in [0.717, 1.165) is 21.7 Å². The van der Waals surface area contributed by atoms with Gasteiger partial charge in [-0.2, -0.15) is 10.4 Å². The number of carbonyl (C=O) groups is 1. The smallest absolute Gasteiger partial charge is 0.249 e. The average molecular weight is 470 g/mol. The van der Waals surface area contributed by atoms with E-state index in [4.69, 9.17) is 15.1 Å². The molecular formula is C26H23N5O2S. The Morgan fingerprint density at radius 2 is 2.06 bits per heavy atom. The van der Waals surface area contributed by atoms with Crippen LogP contribution in [0.4, 0.5) is 5.82 Å². The minimum atomic E-state index is -0.325. The maximum atomic E-state index is 12.6. The number of aromatic nitrogens is 3. The van der Waals surface area contributed by atoms with Crippen LogP contribution in [0.2, 0.25) is 0 Å². The number of rotatable bonds is 10. The van der Waals surface area contributed by atoms with Gasteiger partial charge in [0.1, 0.15) is 5.69 Å². The Bertz CT molecular complexity index is 1290. The number of amides is 1. The van der Waals surface area contributed by atoms with E-state index in [1.807, 2.05) is 46.6 Å². The molecule has 3 heterocycles. The van der Waals surface area contributed by atoms with Crippen LogP contribution in [-0.4, -0.2) is 27.3 Å². The maximum absolute atomic E-state index is 12.6. The molecular weight excluding hydrogens is 446 g/mol. The van der Waals surface area contributed by atoms with Crippen molar-refractivity contribution in [2.75, 3.05) is 11.9 Å². The van der Waals surface area contributed by atoms with Gasteiger partial charge in [-0.05, 0) is 41.6 Å². The molecule has 0 aliphatic heterocycles. The summed E-state index contributed by atoms with van der Waals surface area (Å²) in [5.41, 5.74) is 2.82. The predicted octanol–water partition coefficient (Wildman–Crippen LogP) is 5.39. The first-order valence-electron chi connectivity index (χ1n) is 10.8. The second-order valence-electron chi connectivity index (χ2n) is 7.38. The Hall–Kier alpha value is -4.22. The largest absolute Gasteiger partial charge is 0.490 e. The van der Waals surface area contributed by atoms with Crippen molar-refractivity contribution in [2.24, 2.45) is 0 Å². The fourth-order valence-corrected chi connectivity index (χ4v) is 4.00. The molecule has 0 aliphatic carbocycles. The molecule has 0 radical (unpaired) electrons. The van der Waals surface area contributed by atoms with Crippen LogP contribution in [0.5, 0.6) is 5.75 Å². The molecule has 0 unspecified atom stereocenters. The Morgan fingerprint density at radius 1 is 1.18 bits per heavy atom. The van der Waals surface area contributed by atoms with E-state index in [2.05, 4.69) is 28.5 Å². The van der Waals surface area contributed by atoms with Crippen LogP contribution in [0, 0.1) is 11.3 Å². The van der Waals surface area contributed by atoms with Crippen molar-refractivity contribution >= 4 is 29.1 Å². The molecule has 1 aromatic carbocycles. The Morgan fingerprint density at radius 3 is 2.85 bits per heavy atom. The van der Waals surface area contributed by atoms with Crippen LogP contribution in [-0.2, 0) is 11.3 Å². The molecule has 0 fully saturated rings. The molecule has 1 amide bonds. The lowest BCUT2D eigenvalue weighted by molar-refractivity contribution is -0.111. The first kappa shape index (κ1) is 23.0. The van der Waals surface area contributed by atoms with E-state index >= 15 is 0 Å². The summed E-state index contributed by atoms with van der Waals surface area (Å²) in [6.45, 7) is 1.02. The third-order valence-electron chi connectivity index (χ3n) is 4.85. The summed E-state index contributed by atoms with van der Waals surface area (Å²) >= 11 is 1.60. The fourth-order valence-electron chi connectivity index (χ4n) is 3.27. The number of anilines is 1. The van der Waals surface area contributed by atoms with E-state index in [-0.39, 0.29) is 5.91 Å². The van der Waals surface area contributed by atoms with E-state index in [1.54, 1.807) is 35.7 Å². The number of nitrogens with zero attached hydrogens (tertiary/aromatic N) is 4. The number of pyridine rings is 1. The molecule has 34 heavy (non-hydrogen) atoms. The van der Waals surface area contributed by atoms with Crippen LogP contribution in [0.15, 0.2) is 78.4 Å². The molecule has 0 saturated heterocycles. The highest BCUT2D eigenvalue weighted by Crippen LogP contribution is 2.28. The summed E-state index contributed by atoms with van der Waals surface area (Å²) in [5.74, 6) is 0.484. The lowest BCUT2D eigenvalue weighted by Gasteiger charge is -2.09. The van der Waals surface area contributed by atoms with Crippen LogP contribution >= 0.6 is 11.3 Å². The zero-order valence-corrected chi connectivity index (χ0v) is 19.2. The van der Waals surface area contributed by atoms with Gasteiger partial charge in [-0.3, -0.25) is 9.48 Å².